The highest BCUT2D eigenvalue weighted by Crippen LogP contribution is 2.27. The summed E-state index contributed by atoms with van der Waals surface area (Å²) in [6.45, 7) is 12.2. The molecule has 0 radical (unpaired) electrons. The molecule has 0 atom stereocenters. The van der Waals surface area contributed by atoms with E-state index in [1.165, 1.54) is 17.8 Å². The first-order valence-electron chi connectivity index (χ1n) is 13.3. The summed E-state index contributed by atoms with van der Waals surface area (Å²) in [5.74, 6) is 1.04. The van der Waals surface area contributed by atoms with Crippen molar-refractivity contribution in [2.75, 3.05) is 39.6 Å². The third-order valence-corrected chi connectivity index (χ3v) is 6.09. The van der Waals surface area contributed by atoms with Gasteiger partial charge in [-0.1, -0.05) is 30.4 Å². The molecule has 2 aromatic carbocycles. The maximum Gasteiger partial charge on any atom is 0.213 e. The molecule has 0 fully saturated rings. The molecule has 0 aliphatic carbocycles. The first kappa shape index (κ1) is 31.1. The molecule has 3 aromatic rings. The Morgan fingerprint density at radius 2 is 1.51 bits per heavy atom. The summed E-state index contributed by atoms with van der Waals surface area (Å²) in [6, 6.07) is 14.9. The maximum atomic E-state index is 11.0. The summed E-state index contributed by atoms with van der Waals surface area (Å²) in [4.78, 5) is 30.5. The van der Waals surface area contributed by atoms with E-state index in [0.29, 0.717) is 75.0 Å². The molecule has 0 bridgehead atoms. The minimum absolute atomic E-state index is 0.296. The Hall–Kier alpha value is -4.40. The molecular weight excluding hydrogens is 520 g/mol. The van der Waals surface area contributed by atoms with Crippen LogP contribution in [0.2, 0.25) is 0 Å². The van der Waals surface area contributed by atoms with Crippen LogP contribution >= 0.6 is 0 Å². The van der Waals surface area contributed by atoms with Gasteiger partial charge in [0.05, 0.1) is 26.4 Å². The second kappa shape index (κ2) is 16.6. The van der Waals surface area contributed by atoms with E-state index in [1.807, 2.05) is 18.3 Å². The highest BCUT2D eigenvalue weighted by Gasteiger charge is 2.08. The molecule has 0 amide bonds. The number of pyridine rings is 1. The zero-order valence-electron chi connectivity index (χ0n) is 23.8. The van der Waals surface area contributed by atoms with Crippen LogP contribution in [0.3, 0.4) is 0 Å². The van der Waals surface area contributed by atoms with Crippen molar-refractivity contribution in [1.82, 2.24) is 4.98 Å². The molecule has 0 aliphatic rings. The first-order valence-corrected chi connectivity index (χ1v) is 13.3. The molecular formula is C33H36N2O6. The number of aliphatic imine (C=N–C) groups is 1. The number of rotatable bonds is 17. The molecule has 0 spiro atoms. The number of carbonyl (C=O) groups excluding carboxylic acids is 2. The zero-order chi connectivity index (χ0) is 29.5. The van der Waals surface area contributed by atoms with Crippen LogP contribution in [0.25, 0.3) is 16.7 Å². The Morgan fingerprint density at radius 3 is 2.12 bits per heavy atom. The van der Waals surface area contributed by atoms with Crippen LogP contribution in [-0.4, -0.2) is 63.4 Å². The summed E-state index contributed by atoms with van der Waals surface area (Å²) in [5, 5.41) is 0. The Balaban J connectivity index is 1.34. The van der Waals surface area contributed by atoms with Crippen molar-refractivity contribution in [3.63, 3.8) is 0 Å². The zero-order valence-corrected chi connectivity index (χ0v) is 23.8. The lowest BCUT2D eigenvalue weighted by atomic mass is 9.94. The van der Waals surface area contributed by atoms with E-state index in [0.717, 1.165) is 27.8 Å². The van der Waals surface area contributed by atoms with E-state index in [4.69, 9.17) is 18.9 Å². The molecule has 1 heterocycles. The standard InChI is InChI=1S/C33H36N2O6/c1-5-34-21-32(24(2)3)31-10-7-26(18-25(31)4)27-8-11-33(35-20-27)41-17-15-39-13-12-38-14-16-40-30-9-6-28(22-36)29(19-30)23-37/h5-11,18-23H,1,12-17H2,2-4H3. The van der Waals surface area contributed by atoms with Crippen LogP contribution in [0.5, 0.6) is 11.6 Å². The fourth-order valence-corrected chi connectivity index (χ4v) is 3.97. The van der Waals surface area contributed by atoms with Crippen molar-refractivity contribution in [2.45, 2.75) is 20.8 Å². The van der Waals surface area contributed by atoms with Gasteiger partial charge in [0.15, 0.2) is 12.6 Å². The molecule has 0 N–H and O–H groups in total. The van der Waals surface area contributed by atoms with Crippen molar-refractivity contribution in [3.8, 4) is 22.8 Å². The topological polar surface area (TPSA) is 96.3 Å². The molecule has 0 saturated carbocycles. The predicted molar refractivity (Wildman–Crippen MR) is 161 cm³/mol. The number of aryl methyl sites for hydroxylation is 1. The monoisotopic (exact) mass is 556 g/mol. The number of aromatic nitrogens is 1. The van der Waals surface area contributed by atoms with Crippen molar-refractivity contribution in [2.24, 2.45) is 4.99 Å². The quantitative estimate of drug-likeness (QED) is 0.111. The van der Waals surface area contributed by atoms with Crippen LogP contribution in [0.4, 0.5) is 0 Å². The fourth-order valence-electron chi connectivity index (χ4n) is 3.97. The number of allylic oxidation sites excluding steroid dienone is 2. The van der Waals surface area contributed by atoms with Gasteiger partial charge >= 0.3 is 0 Å². The molecule has 3 rings (SSSR count). The van der Waals surface area contributed by atoms with Gasteiger partial charge in [-0.05, 0) is 67.3 Å². The molecule has 0 saturated heterocycles. The summed E-state index contributed by atoms with van der Waals surface area (Å²) < 4.78 is 22.3. The van der Waals surface area contributed by atoms with Gasteiger partial charge in [0.25, 0.3) is 0 Å². The van der Waals surface area contributed by atoms with E-state index in [9.17, 15) is 9.59 Å². The SMILES string of the molecule is C=CN=CC(=C(C)C)c1ccc(-c2ccc(OCCOCCOCCOc3ccc(C=O)c(C=O)c3)nc2)cc1C. The summed E-state index contributed by atoms with van der Waals surface area (Å²) in [7, 11) is 0. The van der Waals surface area contributed by atoms with Gasteiger partial charge in [-0.2, -0.15) is 0 Å². The van der Waals surface area contributed by atoms with E-state index >= 15 is 0 Å². The number of carbonyl (C=O) groups is 2. The van der Waals surface area contributed by atoms with Gasteiger partial charge in [-0.25, -0.2) is 4.98 Å². The van der Waals surface area contributed by atoms with Gasteiger partial charge in [-0.15, -0.1) is 0 Å². The highest BCUT2D eigenvalue weighted by molar-refractivity contribution is 6.11. The summed E-state index contributed by atoms with van der Waals surface area (Å²) >= 11 is 0. The van der Waals surface area contributed by atoms with E-state index in [-0.39, 0.29) is 0 Å². The van der Waals surface area contributed by atoms with Crippen molar-refractivity contribution >= 4 is 24.4 Å². The van der Waals surface area contributed by atoms with Gasteiger partial charge in [-0.3, -0.25) is 14.6 Å². The van der Waals surface area contributed by atoms with Gasteiger partial charge < -0.3 is 18.9 Å². The Bertz CT molecular complexity index is 1370. The average Bonchev–Trinajstić information content (AvgIpc) is 2.99. The molecule has 214 valence electrons. The lowest BCUT2D eigenvalue weighted by Gasteiger charge is -2.12. The largest absolute Gasteiger partial charge is 0.491 e. The highest BCUT2D eigenvalue weighted by atomic mass is 16.6. The van der Waals surface area contributed by atoms with Crippen LogP contribution in [0.1, 0.15) is 45.7 Å². The second-order valence-electron chi connectivity index (χ2n) is 9.24. The third-order valence-electron chi connectivity index (χ3n) is 6.09. The molecule has 0 unspecified atom stereocenters. The van der Waals surface area contributed by atoms with Crippen molar-refractivity contribution < 1.29 is 28.5 Å². The molecule has 0 aliphatic heterocycles. The third kappa shape index (κ3) is 9.63. The van der Waals surface area contributed by atoms with Crippen LogP contribution in [-0.2, 0) is 9.47 Å². The maximum absolute atomic E-state index is 11.0. The van der Waals surface area contributed by atoms with Crippen LogP contribution < -0.4 is 9.47 Å². The number of ether oxygens (including phenoxy) is 4. The van der Waals surface area contributed by atoms with Crippen LogP contribution in [0.15, 0.2) is 78.1 Å². The van der Waals surface area contributed by atoms with Crippen molar-refractivity contribution in [1.29, 1.82) is 0 Å². The lowest BCUT2D eigenvalue weighted by Crippen LogP contribution is -2.13. The predicted octanol–water partition coefficient (Wildman–Crippen LogP) is 6.18. The van der Waals surface area contributed by atoms with E-state index < -0.39 is 0 Å². The van der Waals surface area contributed by atoms with Crippen LogP contribution in [0, 0.1) is 6.92 Å². The molecule has 8 heteroatoms. The first-order chi connectivity index (χ1) is 20.0. The number of aldehydes is 2. The second-order valence-corrected chi connectivity index (χ2v) is 9.24. The average molecular weight is 557 g/mol. The van der Waals surface area contributed by atoms with E-state index in [1.54, 1.807) is 18.3 Å². The smallest absolute Gasteiger partial charge is 0.213 e. The van der Waals surface area contributed by atoms with E-state index in [2.05, 4.69) is 55.5 Å². The number of hydrogen-bond acceptors (Lipinski definition) is 8. The van der Waals surface area contributed by atoms with Gasteiger partial charge in [0.1, 0.15) is 19.0 Å². The molecule has 41 heavy (non-hydrogen) atoms. The number of nitrogens with zero attached hydrogens (tertiary/aromatic N) is 2. The molecule has 8 nitrogen and oxygen atoms in total. The summed E-state index contributed by atoms with van der Waals surface area (Å²) in [5.41, 5.74) is 7.28. The van der Waals surface area contributed by atoms with Gasteiger partial charge in [0.2, 0.25) is 5.88 Å². The normalized spacial score (nSPS) is 10.8. The summed E-state index contributed by atoms with van der Waals surface area (Å²) in [6.07, 6.45) is 6.45. The number of benzene rings is 2. The Morgan fingerprint density at radius 1 is 0.829 bits per heavy atom. The number of hydrogen-bond donors (Lipinski definition) is 0. The Labute approximate surface area is 241 Å². The lowest BCUT2D eigenvalue weighted by molar-refractivity contribution is 0.0269. The Kier molecular flexibility index (Phi) is 12.6. The van der Waals surface area contributed by atoms with Crippen molar-refractivity contribution in [3.05, 3.63) is 95.3 Å². The minimum Gasteiger partial charge on any atom is -0.491 e. The fraction of sp³-hybridized carbons (Fsp3) is 0.273. The molecule has 1 aromatic heterocycles. The minimum atomic E-state index is 0.296. The van der Waals surface area contributed by atoms with Gasteiger partial charge in [0, 0.05) is 41.4 Å².